The van der Waals surface area contributed by atoms with Crippen LogP contribution in [-0.2, 0) is 16.4 Å². The normalized spacial score (nSPS) is 13.9. The highest BCUT2D eigenvalue weighted by Gasteiger charge is 2.30. The van der Waals surface area contributed by atoms with Crippen LogP contribution < -0.4 is 10.0 Å². The molecule has 24 heavy (non-hydrogen) atoms. The number of hydrogen-bond acceptors (Lipinski definition) is 5. The molecule has 0 unspecified atom stereocenters. The monoisotopic (exact) mass is 357 g/mol. The number of hydrogen-bond donors (Lipinski definition) is 1. The number of nitrogens with zero attached hydrogens (tertiary/aromatic N) is 2. The molecule has 4 rings (SSSR count). The Morgan fingerprint density at radius 1 is 1.12 bits per heavy atom. The fraction of sp³-hybridized carbons (Fsp3) is 0.118. The van der Waals surface area contributed by atoms with E-state index in [2.05, 4.69) is 4.98 Å². The number of nitrogens with two attached hydrogens (primary N) is 1. The molecule has 5 nitrogen and oxygen atoms in total. The van der Waals surface area contributed by atoms with Gasteiger partial charge in [0.25, 0.3) is 10.0 Å². The van der Waals surface area contributed by atoms with E-state index < -0.39 is 10.0 Å². The fourth-order valence-corrected chi connectivity index (χ4v) is 5.02. The van der Waals surface area contributed by atoms with Gasteiger partial charge in [-0.25, -0.2) is 13.4 Å². The van der Waals surface area contributed by atoms with Crippen molar-refractivity contribution in [2.75, 3.05) is 16.6 Å². The van der Waals surface area contributed by atoms with Gasteiger partial charge in [0.15, 0.2) is 5.13 Å². The Kier molecular flexibility index (Phi) is 3.54. The lowest BCUT2D eigenvalue weighted by Crippen LogP contribution is -2.29. The van der Waals surface area contributed by atoms with Gasteiger partial charge in [0.2, 0.25) is 0 Å². The second-order valence-electron chi connectivity index (χ2n) is 5.55. The molecule has 0 saturated carbocycles. The van der Waals surface area contributed by atoms with Gasteiger partial charge >= 0.3 is 0 Å². The first kappa shape index (κ1) is 15.2. The molecule has 0 fully saturated rings. The molecule has 2 heterocycles. The van der Waals surface area contributed by atoms with Gasteiger partial charge in [-0.1, -0.05) is 24.3 Å². The highest BCUT2D eigenvalue weighted by Crippen LogP contribution is 2.36. The largest absolute Gasteiger partial charge is 0.375 e. The minimum absolute atomic E-state index is 0.314. The van der Waals surface area contributed by atoms with Crippen molar-refractivity contribution in [3.63, 3.8) is 0 Å². The molecule has 0 saturated heterocycles. The van der Waals surface area contributed by atoms with Crippen LogP contribution in [0.3, 0.4) is 0 Å². The van der Waals surface area contributed by atoms with Crippen molar-refractivity contribution in [2.24, 2.45) is 0 Å². The Morgan fingerprint density at radius 3 is 2.62 bits per heavy atom. The van der Waals surface area contributed by atoms with E-state index in [9.17, 15) is 8.42 Å². The average molecular weight is 357 g/mol. The third kappa shape index (κ3) is 2.46. The van der Waals surface area contributed by atoms with Crippen molar-refractivity contribution in [3.8, 4) is 11.3 Å². The minimum atomic E-state index is -3.53. The highest BCUT2D eigenvalue weighted by atomic mass is 32.2. The topological polar surface area (TPSA) is 76.3 Å². The number of rotatable bonds is 3. The summed E-state index contributed by atoms with van der Waals surface area (Å²) in [6.07, 6.45) is 0.689. The first-order valence-corrected chi connectivity index (χ1v) is 9.80. The molecular formula is C17H15N3O2S2. The lowest BCUT2D eigenvalue weighted by atomic mass is 10.1. The first-order valence-electron chi connectivity index (χ1n) is 7.48. The third-order valence-corrected chi connectivity index (χ3v) is 6.58. The SMILES string of the molecule is Nc1nc(-c2ccc3c(c2)CCN3S(=O)(=O)c2ccccc2)cs1. The summed E-state index contributed by atoms with van der Waals surface area (Å²) in [7, 11) is -3.53. The maximum absolute atomic E-state index is 12.9. The molecule has 1 aromatic heterocycles. The highest BCUT2D eigenvalue weighted by molar-refractivity contribution is 7.92. The molecule has 7 heteroatoms. The zero-order valence-electron chi connectivity index (χ0n) is 12.7. The van der Waals surface area contributed by atoms with Crippen molar-refractivity contribution >= 4 is 32.2 Å². The Labute approximate surface area is 144 Å². The van der Waals surface area contributed by atoms with Crippen LogP contribution in [0.5, 0.6) is 0 Å². The number of thiazole rings is 1. The number of benzene rings is 2. The van der Waals surface area contributed by atoms with Crippen LogP contribution in [0.15, 0.2) is 58.8 Å². The van der Waals surface area contributed by atoms with Crippen LogP contribution in [0.1, 0.15) is 5.56 Å². The summed E-state index contributed by atoms with van der Waals surface area (Å²) in [5.74, 6) is 0. The molecule has 0 amide bonds. The number of anilines is 2. The van der Waals surface area contributed by atoms with E-state index in [0.717, 1.165) is 22.5 Å². The van der Waals surface area contributed by atoms with Gasteiger partial charge in [-0.15, -0.1) is 11.3 Å². The Hall–Kier alpha value is -2.38. The summed E-state index contributed by atoms with van der Waals surface area (Å²) in [5, 5.41) is 2.43. The van der Waals surface area contributed by atoms with E-state index in [1.165, 1.54) is 15.6 Å². The zero-order valence-corrected chi connectivity index (χ0v) is 14.3. The summed E-state index contributed by atoms with van der Waals surface area (Å²) in [4.78, 5) is 4.60. The Bertz CT molecular complexity index is 998. The summed E-state index contributed by atoms with van der Waals surface area (Å²) in [6, 6.07) is 14.3. The standard InChI is InChI=1S/C17H15N3O2S2/c18-17-19-15(11-23-17)12-6-7-16-13(10-12)8-9-20(16)24(21,22)14-4-2-1-3-5-14/h1-7,10-11H,8-9H2,(H2,18,19). The number of fused-ring (bicyclic) bond motifs is 1. The fourth-order valence-electron chi connectivity index (χ4n) is 2.92. The van der Waals surface area contributed by atoms with Crippen molar-refractivity contribution in [1.82, 2.24) is 4.98 Å². The van der Waals surface area contributed by atoms with Crippen LogP contribution in [0.4, 0.5) is 10.8 Å². The predicted octanol–water partition coefficient (Wildman–Crippen LogP) is 3.14. The molecule has 0 bridgehead atoms. The Morgan fingerprint density at radius 2 is 1.92 bits per heavy atom. The van der Waals surface area contributed by atoms with Gasteiger partial charge in [0.05, 0.1) is 16.3 Å². The lowest BCUT2D eigenvalue weighted by Gasteiger charge is -2.19. The van der Waals surface area contributed by atoms with Gasteiger partial charge < -0.3 is 5.73 Å². The number of nitrogen functional groups attached to an aromatic ring is 1. The molecular weight excluding hydrogens is 342 g/mol. The quantitative estimate of drug-likeness (QED) is 0.781. The summed E-state index contributed by atoms with van der Waals surface area (Å²) in [5.41, 5.74) is 9.23. The molecule has 3 aromatic rings. The van der Waals surface area contributed by atoms with E-state index >= 15 is 0 Å². The summed E-state index contributed by atoms with van der Waals surface area (Å²) >= 11 is 1.39. The zero-order chi connectivity index (χ0) is 16.7. The van der Waals surface area contributed by atoms with Crippen molar-refractivity contribution in [2.45, 2.75) is 11.3 Å². The van der Waals surface area contributed by atoms with E-state index in [1.54, 1.807) is 24.3 Å². The smallest absolute Gasteiger partial charge is 0.264 e. The van der Waals surface area contributed by atoms with Crippen LogP contribution in [0, 0.1) is 0 Å². The van der Waals surface area contributed by atoms with E-state index in [-0.39, 0.29) is 0 Å². The lowest BCUT2D eigenvalue weighted by molar-refractivity contribution is 0.592. The molecule has 122 valence electrons. The molecule has 0 radical (unpaired) electrons. The molecule has 2 aromatic carbocycles. The van der Waals surface area contributed by atoms with Crippen LogP contribution in [-0.4, -0.2) is 19.9 Å². The van der Waals surface area contributed by atoms with Gasteiger partial charge in [0, 0.05) is 17.5 Å². The van der Waals surface area contributed by atoms with Crippen LogP contribution in [0.2, 0.25) is 0 Å². The second kappa shape index (κ2) is 5.61. The average Bonchev–Trinajstić information content (AvgIpc) is 3.21. The van der Waals surface area contributed by atoms with E-state index in [1.807, 2.05) is 29.6 Å². The van der Waals surface area contributed by atoms with Gasteiger partial charge in [-0.3, -0.25) is 4.31 Å². The van der Waals surface area contributed by atoms with Crippen molar-refractivity contribution in [1.29, 1.82) is 0 Å². The van der Waals surface area contributed by atoms with Crippen molar-refractivity contribution in [3.05, 3.63) is 59.5 Å². The Balaban J connectivity index is 1.73. The van der Waals surface area contributed by atoms with Crippen molar-refractivity contribution < 1.29 is 8.42 Å². The van der Waals surface area contributed by atoms with E-state index in [0.29, 0.717) is 23.0 Å². The maximum Gasteiger partial charge on any atom is 0.264 e. The molecule has 1 aliphatic heterocycles. The molecule has 0 aliphatic carbocycles. The molecule has 1 aliphatic rings. The third-order valence-electron chi connectivity index (χ3n) is 4.08. The van der Waals surface area contributed by atoms with Gasteiger partial charge in [0.1, 0.15) is 0 Å². The summed E-state index contributed by atoms with van der Waals surface area (Å²) < 4.78 is 27.2. The van der Waals surface area contributed by atoms with Crippen LogP contribution >= 0.6 is 11.3 Å². The predicted molar refractivity (Wildman–Crippen MR) is 96.6 cm³/mol. The van der Waals surface area contributed by atoms with Gasteiger partial charge in [-0.2, -0.15) is 0 Å². The van der Waals surface area contributed by atoms with E-state index in [4.69, 9.17) is 5.73 Å². The summed E-state index contributed by atoms with van der Waals surface area (Å²) in [6.45, 7) is 0.454. The molecule has 0 spiro atoms. The number of sulfonamides is 1. The van der Waals surface area contributed by atoms with Gasteiger partial charge in [-0.05, 0) is 36.2 Å². The maximum atomic E-state index is 12.9. The van der Waals surface area contributed by atoms with Crippen LogP contribution in [0.25, 0.3) is 11.3 Å². The minimum Gasteiger partial charge on any atom is -0.375 e. The molecule has 0 atom stereocenters. The second-order valence-corrected chi connectivity index (χ2v) is 8.31. The first-order chi connectivity index (χ1) is 11.6. The molecule has 2 N–H and O–H groups in total. The number of aromatic nitrogens is 1.